The lowest BCUT2D eigenvalue weighted by atomic mass is 10.1. The van der Waals surface area contributed by atoms with Gasteiger partial charge in [-0.1, -0.05) is 6.07 Å². The number of benzene rings is 2. The molecule has 5 heteroatoms. The number of anilines is 2. The Labute approximate surface area is 146 Å². The SMILES string of the molecule is Cc1ccc(N2CC(C(=O)Nc3ccc(C#N)cc3)CC2=O)cc1C. The second-order valence-electron chi connectivity index (χ2n) is 6.35. The summed E-state index contributed by atoms with van der Waals surface area (Å²) in [6.07, 6.45) is 0.203. The fourth-order valence-electron chi connectivity index (χ4n) is 2.90. The predicted octanol–water partition coefficient (Wildman–Crippen LogP) is 3.17. The summed E-state index contributed by atoms with van der Waals surface area (Å²) in [4.78, 5) is 26.5. The van der Waals surface area contributed by atoms with E-state index in [1.807, 2.05) is 38.1 Å². The lowest BCUT2D eigenvalue weighted by molar-refractivity contribution is -0.122. The average Bonchev–Trinajstić information content (AvgIpc) is 3.00. The summed E-state index contributed by atoms with van der Waals surface area (Å²) in [5.41, 5.74) is 4.29. The highest BCUT2D eigenvalue weighted by molar-refractivity contribution is 6.03. The molecule has 1 unspecified atom stereocenters. The summed E-state index contributed by atoms with van der Waals surface area (Å²) >= 11 is 0. The summed E-state index contributed by atoms with van der Waals surface area (Å²) < 4.78 is 0. The Morgan fingerprint density at radius 1 is 1.16 bits per heavy atom. The molecule has 0 aliphatic carbocycles. The number of carbonyl (C=O) groups is 2. The van der Waals surface area contributed by atoms with E-state index in [1.165, 1.54) is 5.56 Å². The lowest BCUT2D eigenvalue weighted by Gasteiger charge is -2.18. The number of hydrogen-bond donors (Lipinski definition) is 1. The second-order valence-corrected chi connectivity index (χ2v) is 6.35. The Morgan fingerprint density at radius 3 is 2.52 bits per heavy atom. The molecule has 1 fully saturated rings. The fourth-order valence-corrected chi connectivity index (χ4v) is 2.90. The van der Waals surface area contributed by atoms with Crippen LogP contribution in [0, 0.1) is 31.1 Å². The maximum Gasteiger partial charge on any atom is 0.229 e. The van der Waals surface area contributed by atoms with Crippen LogP contribution < -0.4 is 10.2 Å². The molecular weight excluding hydrogens is 314 g/mol. The van der Waals surface area contributed by atoms with Crippen molar-refractivity contribution in [3.05, 3.63) is 59.2 Å². The molecule has 5 nitrogen and oxygen atoms in total. The van der Waals surface area contributed by atoms with E-state index < -0.39 is 0 Å². The van der Waals surface area contributed by atoms with Crippen LogP contribution >= 0.6 is 0 Å². The molecule has 1 atom stereocenters. The summed E-state index contributed by atoms with van der Waals surface area (Å²) in [5, 5.41) is 11.6. The van der Waals surface area contributed by atoms with Crippen LogP contribution in [-0.2, 0) is 9.59 Å². The first-order valence-corrected chi connectivity index (χ1v) is 8.16. The Balaban J connectivity index is 1.69. The third kappa shape index (κ3) is 3.53. The maximum atomic E-state index is 12.5. The molecule has 2 aromatic carbocycles. The van der Waals surface area contributed by atoms with Gasteiger partial charge in [-0.15, -0.1) is 0 Å². The quantitative estimate of drug-likeness (QED) is 0.937. The Bertz CT molecular complexity index is 866. The van der Waals surface area contributed by atoms with E-state index in [1.54, 1.807) is 29.2 Å². The van der Waals surface area contributed by atoms with E-state index in [4.69, 9.17) is 5.26 Å². The molecule has 0 spiro atoms. The minimum Gasteiger partial charge on any atom is -0.326 e. The molecule has 2 aromatic rings. The van der Waals surface area contributed by atoms with Gasteiger partial charge in [0.25, 0.3) is 0 Å². The highest BCUT2D eigenvalue weighted by atomic mass is 16.2. The van der Waals surface area contributed by atoms with Gasteiger partial charge >= 0.3 is 0 Å². The topological polar surface area (TPSA) is 73.2 Å². The predicted molar refractivity (Wildman–Crippen MR) is 96.2 cm³/mol. The van der Waals surface area contributed by atoms with Gasteiger partial charge in [-0.3, -0.25) is 9.59 Å². The zero-order valence-electron chi connectivity index (χ0n) is 14.2. The lowest BCUT2D eigenvalue weighted by Crippen LogP contribution is -2.28. The van der Waals surface area contributed by atoms with Gasteiger partial charge < -0.3 is 10.2 Å². The smallest absolute Gasteiger partial charge is 0.229 e. The molecule has 126 valence electrons. The largest absolute Gasteiger partial charge is 0.326 e. The molecule has 1 aliphatic heterocycles. The van der Waals surface area contributed by atoms with Crippen molar-refractivity contribution in [1.29, 1.82) is 5.26 Å². The second kappa shape index (κ2) is 6.78. The molecule has 1 aliphatic rings. The number of amides is 2. The standard InChI is InChI=1S/C20H19N3O2/c1-13-3-8-18(9-14(13)2)23-12-16(10-19(23)24)20(25)22-17-6-4-15(11-21)5-7-17/h3-9,16H,10,12H2,1-2H3,(H,22,25). The third-order valence-electron chi connectivity index (χ3n) is 4.58. The molecular formula is C20H19N3O2. The molecule has 1 heterocycles. The first-order chi connectivity index (χ1) is 12.0. The maximum absolute atomic E-state index is 12.5. The van der Waals surface area contributed by atoms with Crippen molar-refractivity contribution in [1.82, 2.24) is 0 Å². The van der Waals surface area contributed by atoms with Crippen molar-refractivity contribution in [2.45, 2.75) is 20.3 Å². The van der Waals surface area contributed by atoms with Crippen molar-refractivity contribution in [2.24, 2.45) is 5.92 Å². The zero-order chi connectivity index (χ0) is 18.0. The molecule has 2 amide bonds. The first kappa shape index (κ1) is 16.7. The fraction of sp³-hybridized carbons (Fsp3) is 0.250. The number of nitriles is 1. The minimum atomic E-state index is -0.384. The van der Waals surface area contributed by atoms with E-state index in [0.717, 1.165) is 11.3 Å². The molecule has 0 saturated carbocycles. The van der Waals surface area contributed by atoms with Crippen LogP contribution in [0.5, 0.6) is 0 Å². The summed E-state index contributed by atoms with van der Waals surface area (Å²) in [7, 11) is 0. The van der Waals surface area contributed by atoms with E-state index in [-0.39, 0.29) is 24.2 Å². The van der Waals surface area contributed by atoms with Crippen molar-refractivity contribution in [3.8, 4) is 6.07 Å². The van der Waals surface area contributed by atoms with Crippen LogP contribution in [0.4, 0.5) is 11.4 Å². The molecule has 0 radical (unpaired) electrons. The van der Waals surface area contributed by atoms with Gasteiger partial charge in [-0.05, 0) is 61.4 Å². The van der Waals surface area contributed by atoms with Crippen molar-refractivity contribution in [2.75, 3.05) is 16.8 Å². The van der Waals surface area contributed by atoms with Gasteiger partial charge in [-0.2, -0.15) is 5.26 Å². The van der Waals surface area contributed by atoms with Gasteiger partial charge in [0.2, 0.25) is 11.8 Å². The number of nitrogens with one attached hydrogen (secondary N) is 1. The molecule has 0 aromatic heterocycles. The molecule has 1 saturated heterocycles. The van der Waals surface area contributed by atoms with Crippen LogP contribution in [0.15, 0.2) is 42.5 Å². The van der Waals surface area contributed by atoms with Crippen LogP contribution in [0.3, 0.4) is 0 Å². The van der Waals surface area contributed by atoms with Gasteiger partial charge in [0.1, 0.15) is 0 Å². The minimum absolute atomic E-state index is 0.0387. The highest BCUT2D eigenvalue weighted by Crippen LogP contribution is 2.27. The van der Waals surface area contributed by atoms with Crippen LogP contribution in [0.25, 0.3) is 0 Å². The van der Waals surface area contributed by atoms with Gasteiger partial charge in [0.05, 0.1) is 17.6 Å². The highest BCUT2D eigenvalue weighted by Gasteiger charge is 2.35. The van der Waals surface area contributed by atoms with E-state index >= 15 is 0 Å². The summed E-state index contributed by atoms with van der Waals surface area (Å²) in [5.74, 6) is -0.600. The summed E-state index contributed by atoms with van der Waals surface area (Å²) in [6, 6.07) is 14.6. The van der Waals surface area contributed by atoms with Crippen molar-refractivity contribution < 1.29 is 9.59 Å². The third-order valence-corrected chi connectivity index (χ3v) is 4.58. The molecule has 3 rings (SSSR count). The normalized spacial score (nSPS) is 16.6. The Hall–Kier alpha value is -3.13. The van der Waals surface area contributed by atoms with Crippen molar-refractivity contribution >= 4 is 23.2 Å². The van der Waals surface area contributed by atoms with Gasteiger partial charge in [0.15, 0.2) is 0 Å². The Morgan fingerprint density at radius 2 is 1.88 bits per heavy atom. The Kier molecular flexibility index (Phi) is 4.53. The number of aryl methyl sites for hydroxylation is 2. The number of nitrogens with zero attached hydrogens (tertiary/aromatic N) is 2. The molecule has 0 bridgehead atoms. The number of hydrogen-bond acceptors (Lipinski definition) is 3. The monoisotopic (exact) mass is 333 g/mol. The van der Waals surface area contributed by atoms with E-state index in [2.05, 4.69) is 5.32 Å². The van der Waals surface area contributed by atoms with E-state index in [0.29, 0.717) is 17.8 Å². The van der Waals surface area contributed by atoms with Gasteiger partial charge in [-0.25, -0.2) is 0 Å². The van der Waals surface area contributed by atoms with Crippen LogP contribution in [0.1, 0.15) is 23.1 Å². The average molecular weight is 333 g/mol. The van der Waals surface area contributed by atoms with Crippen molar-refractivity contribution in [3.63, 3.8) is 0 Å². The number of rotatable bonds is 3. The van der Waals surface area contributed by atoms with Gasteiger partial charge in [0, 0.05) is 24.3 Å². The van der Waals surface area contributed by atoms with Crippen LogP contribution in [-0.4, -0.2) is 18.4 Å². The zero-order valence-corrected chi connectivity index (χ0v) is 14.2. The van der Waals surface area contributed by atoms with E-state index in [9.17, 15) is 9.59 Å². The molecule has 1 N–H and O–H groups in total. The summed E-state index contributed by atoms with van der Waals surface area (Å²) in [6.45, 7) is 4.41. The number of carbonyl (C=O) groups excluding carboxylic acids is 2. The van der Waals surface area contributed by atoms with Crippen LogP contribution in [0.2, 0.25) is 0 Å². The first-order valence-electron chi connectivity index (χ1n) is 8.16. The molecule has 25 heavy (non-hydrogen) atoms.